The van der Waals surface area contributed by atoms with Crippen LogP contribution in [0.2, 0.25) is 0 Å². The van der Waals surface area contributed by atoms with Crippen LogP contribution in [0.1, 0.15) is 38.4 Å². The molecule has 4 rings (SSSR count). The first-order valence-corrected chi connectivity index (χ1v) is 11.6. The third kappa shape index (κ3) is 6.28. The summed E-state index contributed by atoms with van der Waals surface area (Å²) in [4.78, 5) is 28.9. The van der Waals surface area contributed by atoms with Crippen molar-refractivity contribution in [3.05, 3.63) is 111 Å². The summed E-state index contributed by atoms with van der Waals surface area (Å²) in [6, 6.07) is 12.6. The number of carbonyl (C=O) groups is 1. The zero-order chi connectivity index (χ0) is 26.4. The van der Waals surface area contributed by atoms with Gasteiger partial charge in [0.05, 0.1) is 44.6 Å². The Bertz CT molecular complexity index is 1450. The number of halogens is 1. The summed E-state index contributed by atoms with van der Waals surface area (Å²) in [5, 5.41) is 7.19. The second kappa shape index (κ2) is 11.6. The topological polar surface area (TPSA) is 100 Å². The van der Waals surface area contributed by atoms with E-state index in [2.05, 4.69) is 15.4 Å². The van der Waals surface area contributed by atoms with Gasteiger partial charge < -0.3 is 19.4 Å². The normalized spacial score (nSPS) is 10.9. The summed E-state index contributed by atoms with van der Waals surface area (Å²) < 4.78 is 27.9. The fourth-order valence-corrected chi connectivity index (χ4v) is 3.89. The summed E-state index contributed by atoms with van der Waals surface area (Å²) in [5.74, 6) is -0.973. The number of aryl methyl sites for hydroxylation is 1. The predicted octanol–water partition coefficient (Wildman–Crippen LogP) is 3.07. The van der Waals surface area contributed by atoms with Crippen molar-refractivity contribution in [2.45, 2.75) is 33.2 Å². The average molecular weight is 506 g/mol. The van der Waals surface area contributed by atoms with Gasteiger partial charge in [0.1, 0.15) is 5.69 Å². The number of nitrogens with one attached hydrogen (secondary N) is 1. The molecule has 3 aromatic heterocycles. The van der Waals surface area contributed by atoms with Gasteiger partial charge in [-0.2, -0.15) is 5.10 Å². The molecule has 0 spiro atoms. The number of carbonyl (C=O) groups excluding carboxylic acids is 1. The van der Waals surface area contributed by atoms with Crippen molar-refractivity contribution >= 4 is 5.91 Å². The number of ether oxygens (including phenoxy) is 2. The molecule has 0 saturated heterocycles. The standard InChI is InChI=1S/C27H28FN5O4/c1-18-4-9-25(34)32(13-18)14-19-5-7-20(8-6-19)15-33-16-21(23(31-33)17-36-2)27(35)30-12-22-26(28)24(37-3)10-11-29-22/h4-11,13,16H,12,14-15,17H2,1-3H3,(H,30,35). The lowest BCUT2D eigenvalue weighted by atomic mass is 10.1. The average Bonchev–Trinajstić information content (AvgIpc) is 3.29. The van der Waals surface area contributed by atoms with Gasteiger partial charge in [-0.25, -0.2) is 4.39 Å². The van der Waals surface area contributed by atoms with E-state index >= 15 is 0 Å². The largest absolute Gasteiger partial charge is 0.494 e. The van der Waals surface area contributed by atoms with E-state index in [0.717, 1.165) is 16.7 Å². The van der Waals surface area contributed by atoms with Gasteiger partial charge in [0, 0.05) is 37.8 Å². The van der Waals surface area contributed by atoms with Crippen LogP contribution >= 0.6 is 0 Å². The number of aromatic nitrogens is 4. The first kappa shape index (κ1) is 25.8. The molecule has 0 atom stereocenters. The van der Waals surface area contributed by atoms with Gasteiger partial charge in [-0.15, -0.1) is 0 Å². The Kier molecular flexibility index (Phi) is 8.09. The van der Waals surface area contributed by atoms with Gasteiger partial charge in [-0.3, -0.25) is 19.3 Å². The van der Waals surface area contributed by atoms with Crippen molar-refractivity contribution in [1.29, 1.82) is 0 Å². The highest BCUT2D eigenvalue weighted by Crippen LogP contribution is 2.18. The summed E-state index contributed by atoms with van der Waals surface area (Å²) in [5.41, 5.74) is 3.81. The molecule has 1 amide bonds. The molecule has 0 radical (unpaired) electrons. The first-order valence-electron chi connectivity index (χ1n) is 11.6. The number of pyridine rings is 2. The molecule has 192 valence electrons. The highest BCUT2D eigenvalue weighted by molar-refractivity contribution is 5.95. The molecule has 4 aromatic rings. The minimum Gasteiger partial charge on any atom is -0.494 e. The van der Waals surface area contributed by atoms with Crippen molar-refractivity contribution in [2.24, 2.45) is 0 Å². The number of amides is 1. The van der Waals surface area contributed by atoms with Crippen LogP contribution in [0.15, 0.2) is 65.8 Å². The number of methoxy groups -OCH3 is 2. The maximum absolute atomic E-state index is 14.4. The van der Waals surface area contributed by atoms with E-state index in [9.17, 15) is 14.0 Å². The van der Waals surface area contributed by atoms with Crippen LogP contribution in [0, 0.1) is 12.7 Å². The van der Waals surface area contributed by atoms with Gasteiger partial charge in [0.25, 0.3) is 11.5 Å². The number of hydrogen-bond donors (Lipinski definition) is 1. The van der Waals surface area contributed by atoms with Crippen molar-refractivity contribution in [3.8, 4) is 5.75 Å². The minimum atomic E-state index is -0.617. The Balaban J connectivity index is 1.45. The molecule has 0 aliphatic heterocycles. The summed E-state index contributed by atoms with van der Waals surface area (Å²) in [6.07, 6.45) is 4.89. The maximum atomic E-state index is 14.4. The van der Waals surface area contributed by atoms with E-state index in [1.807, 2.05) is 37.4 Å². The molecule has 0 fully saturated rings. The lowest BCUT2D eigenvalue weighted by molar-refractivity contribution is 0.0945. The quantitative estimate of drug-likeness (QED) is 0.356. The Morgan fingerprint density at radius 3 is 2.43 bits per heavy atom. The third-order valence-corrected chi connectivity index (χ3v) is 5.78. The molecule has 1 aromatic carbocycles. The Morgan fingerprint density at radius 1 is 1.00 bits per heavy atom. The third-order valence-electron chi connectivity index (χ3n) is 5.78. The second-order valence-electron chi connectivity index (χ2n) is 8.57. The zero-order valence-electron chi connectivity index (χ0n) is 20.9. The van der Waals surface area contributed by atoms with Crippen LogP contribution < -0.4 is 15.6 Å². The molecular weight excluding hydrogens is 477 g/mol. The fraction of sp³-hybridized carbons (Fsp3) is 0.259. The van der Waals surface area contributed by atoms with E-state index in [-0.39, 0.29) is 30.2 Å². The lowest BCUT2D eigenvalue weighted by Crippen LogP contribution is -2.24. The lowest BCUT2D eigenvalue weighted by Gasteiger charge is -2.08. The molecule has 0 aliphatic rings. The van der Waals surface area contributed by atoms with E-state index < -0.39 is 11.7 Å². The monoisotopic (exact) mass is 505 g/mol. The fourth-order valence-electron chi connectivity index (χ4n) is 3.89. The van der Waals surface area contributed by atoms with Gasteiger partial charge in [0.2, 0.25) is 0 Å². The summed E-state index contributed by atoms with van der Waals surface area (Å²) >= 11 is 0. The number of rotatable bonds is 10. The molecular formula is C27H28FN5O4. The Morgan fingerprint density at radius 2 is 1.73 bits per heavy atom. The van der Waals surface area contributed by atoms with Crippen molar-refractivity contribution in [2.75, 3.05) is 14.2 Å². The van der Waals surface area contributed by atoms with E-state index in [1.54, 1.807) is 27.6 Å². The Labute approximate surface area is 213 Å². The van der Waals surface area contributed by atoms with Crippen molar-refractivity contribution < 1.29 is 18.7 Å². The van der Waals surface area contributed by atoms with Crippen molar-refractivity contribution in [1.82, 2.24) is 24.6 Å². The number of nitrogens with zero attached hydrogens (tertiary/aromatic N) is 4. The molecule has 37 heavy (non-hydrogen) atoms. The highest BCUT2D eigenvalue weighted by atomic mass is 19.1. The van der Waals surface area contributed by atoms with E-state index in [0.29, 0.717) is 24.3 Å². The molecule has 10 heteroatoms. The molecule has 0 bridgehead atoms. The SMILES string of the molecule is COCc1nn(Cc2ccc(Cn3cc(C)ccc3=O)cc2)cc1C(=O)NCc1nccc(OC)c1F. The second-order valence-corrected chi connectivity index (χ2v) is 8.57. The van der Waals surface area contributed by atoms with Gasteiger partial charge in [-0.1, -0.05) is 30.3 Å². The van der Waals surface area contributed by atoms with Crippen LogP contribution in [0.3, 0.4) is 0 Å². The van der Waals surface area contributed by atoms with E-state index in [1.165, 1.54) is 26.5 Å². The van der Waals surface area contributed by atoms with Gasteiger partial charge >= 0.3 is 0 Å². The molecule has 3 heterocycles. The Hall–Kier alpha value is -4.31. The smallest absolute Gasteiger partial charge is 0.255 e. The molecule has 0 unspecified atom stereocenters. The van der Waals surface area contributed by atoms with Crippen LogP contribution in [0.5, 0.6) is 5.75 Å². The van der Waals surface area contributed by atoms with Crippen LogP contribution in [-0.4, -0.2) is 39.5 Å². The van der Waals surface area contributed by atoms with Crippen molar-refractivity contribution in [3.63, 3.8) is 0 Å². The molecule has 0 aliphatic carbocycles. The van der Waals surface area contributed by atoms with Gasteiger partial charge in [0.15, 0.2) is 11.6 Å². The van der Waals surface area contributed by atoms with Crippen LogP contribution in [0.25, 0.3) is 0 Å². The number of hydrogen-bond acceptors (Lipinski definition) is 6. The van der Waals surface area contributed by atoms with Crippen LogP contribution in [-0.2, 0) is 31.0 Å². The summed E-state index contributed by atoms with van der Waals surface area (Å²) in [7, 11) is 2.89. The molecule has 9 nitrogen and oxygen atoms in total. The minimum absolute atomic E-state index is 0.0485. The van der Waals surface area contributed by atoms with E-state index in [4.69, 9.17) is 9.47 Å². The first-order chi connectivity index (χ1) is 17.9. The number of benzene rings is 1. The highest BCUT2D eigenvalue weighted by Gasteiger charge is 2.18. The van der Waals surface area contributed by atoms with Crippen LogP contribution in [0.4, 0.5) is 4.39 Å². The van der Waals surface area contributed by atoms with Gasteiger partial charge in [-0.05, 0) is 23.6 Å². The molecule has 1 N–H and O–H groups in total. The zero-order valence-corrected chi connectivity index (χ0v) is 20.9. The predicted molar refractivity (Wildman–Crippen MR) is 135 cm³/mol. The molecule has 0 saturated carbocycles. The maximum Gasteiger partial charge on any atom is 0.255 e. The summed E-state index contributed by atoms with van der Waals surface area (Å²) in [6.45, 7) is 2.90.